The third-order valence-corrected chi connectivity index (χ3v) is 0. The van der Waals surface area contributed by atoms with E-state index >= 15 is 0 Å². The molecule has 0 bridgehead atoms. The average Bonchev–Trinajstić information content (AvgIpc) is 2.01. The van der Waals surface area contributed by atoms with Crippen molar-refractivity contribution in [3.63, 3.8) is 0 Å². The fraction of sp³-hybridized carbons (Fsp3) is 0. The van der Waals surface area contributed by atoms with E-state index in [0.717, 1.165) is 0 Å². The first kappa shape index (κ1) is 36.9. The number of carbonyl (C=O) groups is 1. The zero-order valence-corrected chi connectivity index (χ0v) is 12.5. The maximum Gasteiger partial charge on any atom is 0.456 e. The minimum Gasteiger partial charge on any atom is -0.307 e. The fourth-order valence-corrected chi connectivity index (χ4v) is 0. The van der Waals surface area contributed by atoms with Crippen molar-refractivity contribution in [1.82, 2.24) is 0 Å². The standard InChI is InChI=1S/CH2O.4F3P.Fe/c1-2;4*1-4(2)3;/h1H2;;;;;. The third kappa shape index (κ3) is 4860. The van der Waals surface area contributed by atoms with Crippen LogP contribution < -0.4 is 0 Å². The molecule has 0 N–H and O–H groups in total. The summed E-state index contributed by atoms with van der Waals surface area (Å²) in [6.07, 6.45) is 0. The SMILES string of the molecule is C=O.FP(F)F.FP(F)F.FP(F)F.FP(F)F.[Fe]. The summed E-state index contributed by atoms with van der Waals surface area (Å²) in [5, 5.41) is 0. The Bertz CT molecular complexity index is 82.9. The topological polar surface area (TPSA) is 17.1 Å². The molecule has 0 saturated carbocycles. The van der Waals surface area contributed by atoms with E-state index in [1.165, 1.54) is 0 Å². The number of halogens is 12. The van der Waals surface area contributed by atoms with Gasteiger partial charge in [-0.25, -0.2) is 0 Å². The summed E-state index contributed by atoms with van der Waals surface area (Å²) in [5.74, 6) is 0. The second kappa shape index (κ2) is 36.5. The molecule has 0 fully saturated rings. The molecule has 19 heavy (non-hydrogen) atoms. The van der Waals surface area contributed by atoms with Crippen LogP contribution in [0.4, 0.5) is 50.4 Å². The number of rotatable bonds is 0. The van der Waals surface area contributed by atoms with Crippen LogP contribution in [0, 0.1) is 0 Å². The van der Waals surface area contributed by atoms with Crippen LogP contribution in [-0.4, -0.2) is 6.79 Å². The molecule has 0 amide bonds. The molecule has 0 aromatic heterocycles. The van der Waals surface area contributed by atoms with Gasteiger partial charge in [0, 0.05) is 17.1 Å². The van der Waals surface area contributed by atoms with Crippen molar-refractivity contribution in [2.24, 2.45) is 0 Å². The van der Waals surface area contributed by atoms with Crippen LogP contribution in [-0.2, 0) is 21.9 Å². The second-order valence-corrected chi connectivity index (χ2v) is 2.30. The van der Waals surface area contributed by atoms with Crippen molar-refractivity contribution in [1.29, 1.82) is 0 Å². The first-order valence-electron chi connectivity index (χ1n) is 2.32. The van der Waals surface area contributed by atoms with Crippen molar-refractivity contribution < 1.29 is 72.2 Å². The van der Waals surface area contributed by atoms with Crippen molar-refractivity contribution in [3.8, 4) is 0 Å². The maximum atomic E-state index is 9.73. The fourth-order valence-electron chi connectivity index (χ4n) is 0. The smallest absolute Gasteiger partial charge is 0.307 e. The van der Waals surface area contributed by atoms with Crippen LogP contribution in [0.3, 0.4) is 0 Å². The Hall–Kier alpha value is 1.07. The largest absolute Gasteiger partial charge is 0.456 e. The predicted molar refractivity (Wildman–Crippen MR) is 48.1 cm³/mol. The predicted octanol–water partition coefficient (Wildman–Crippen LogP) is 8.30. The second-order valence-electron chi connectivity index (χ2n) is 0.767. The van der Waals surface area contributed by atoms with Gasteiger partial charge in [-0.05, 0) is 0 Å². The molecule has 0 radical (unpaired) electrons. The molecule has 124 valence electrons. The minimum absolute atomic E-state index is 0. The molecule has 0 spiro atoms. The van der Waals surface area contributed by atoms with Gasteiger partial charge in [-0.3, -0.25) is 0 Å². The molecule has 0 atom stereocenters. The third-order valence-electron chi connectivity index (χ3n) is 0. The summed E-state index contributed by atoms with van der Waals surface area (Å²) >= 11 is 0. The van der Waals surface area contributed by atoms with Crippen LogP contribution in [0.25, 0.3) is 0 Å². The molecule has 0 saturated heterocycles. The molecule has 0 aliphatic carbocycles. The van der Waals surface area contributed by atoms with Crippen LogP contribution in [0.5, 0.6) is 0 Å². The van der Waals surface area contributed by atoms with Crippen molar-refractivity contribution in [3.05, 3.63) is 0 Å². The minimum atomic E-state index is -4.12. The first-order valence-corrected chi connectivity index (χ1v) is 6.37. The van der Waals surface area contributed by atoms with Crippen LogP contribution >= 0.6 is 35.4 Å². The van der Waals surface area contributed by atoms with Crippen molar-refractivity contribution >= 4 is 42.2 Å². The van der Waals surface area contributed by atoms with E-state index in [0.29, 0.717) is 0 Å². The monoisotopic (exact) mass is 438 g/mol. The van der Waals surface area contributed by atoms with Gasteiger partial charge in [0.25, 0.3) is 0 Å². The van der Waals surface area contributed by atoms with Crippen molar-refractivity contribution in [2.75, 3.05) is 0 Å². The zero-order valence-electron chi connectivity index (χ0n) is 7.79. The van der Waals surface area contributed by atoms with E-state index in [2.05, 4.69) is 0 Å². The summed E-state index contributed by atoms with van der Waals surface area (Å²) in [6, 6.07) is 0. The zero-order chi connectivity index (χ0) is 16.3. The molecule has 0 heterocycles. The van der Waals surface area contributed by atoms with Gasteiger partial charge in [0.2, 0.25) is 0 Å². The van der Waals surface area contributed by atoms with Gasteiger partial charge in [0.15, 0.2) is 0 Å². The number of hydrogen-bond acceptors (Lipinski definition) is 1. The summed E-state index contributed by atoms with van der Waals surface area (Å²) in [4.78, 5) is 8.00. The molecule has 0 aliphatic rings. The molecule has 0 aromatic rings. The van der Waals surface area contributed by atoms with Gasteiger partial charge in [0.1, 0.15) is 6.79 Å². The Labute approximate surface area is 115 Å². The van der Waals surface area contributed by atoms with E-state index in [-0.39, 0.29) is 17.1 Å². The quantitative estimate of drug-likeness (QED) is 0.211. The van der Waals surface area contributed by atoms with E-state index in [1.807, 2.05) is 6.79 Å². The van der Waals surface area contributed by atoms with Gasteiger partial charge in [0.05, 0.1) is 0 Å². The Morgan fingerprint density at radius 3 is 0.421 bits per heavy atom. The maximum absolute atomic E-state index is 9.73. The van der Waals surface area contributed by atoms with Crippen LogP contribution in [0.2, 0.25) is 0 Å². The van der Waals surface area contributed by atoms with Gasteiger partial charge in [-0.1, -0.05) is 0 Å². The summed E-state index contributed by atoms with van der Waals surface area (Å²) in [6.45, 7) is 2.00. The first-order chi connectivity index (χ1) is 7.93. The Morgan fingerprint density at radius 2 is 0.421 bits per heavy atom. The summed E-state index contributed by atoms with van der Waals surface area (Å²) in [7, 11) is -16.5. The van der Waals surface area contributed by atoms with Gasteiger partial charge >= 0.3 is 35.4 Å². The normalized spacial score (nSPS) is 7.79. The van der Waals surface area contributed by atoms with Crippen LogP contribution in [0.1, 0.15) is 0 Å². The number of carbonyl (C=O) groups excluding carboxylic acids is 1. The van der Waals surface area contributed by atoms with Gasteiger partial charge < -0.3 is 4.79 Å². The molecular formula is CH2F12FeOP4. The Kier molecular flexibility index (Phi) is 70.7. The molecule has 0 unspecified atom stereocenters. The molecule has 18 heteroatoms. The molecule has 0 aliphatic heterocycles. The van der Waals surface area contributed by atoms with E-state index in [9.17, 15) is 50.4 Å². The Morgan fingerprint density at radius 1 is 0.421 bits per heavy atom. The molecule has 1 nitrogen and oxygen atoms in total. The van der Waals surface area contributed by atoms with E-state index in [1.54, 1.807) is 0 Å². The van der Waals surface area contributed by atoms with Gasteiger partial charge in [-0.2, -0.15) is 50.4 Å². The summed E-state index contributed by atoms with van der Waals surface area (Å²) in [5.41, 5.74) is 0. The molecular weight excluding hydrogens is 436 g/mol. The average molecular weight is 438 g/mol. The molecule has 0 rings (SSSR count). The Balaban J connectivity index is -0.0000000279. The molecule has 0 aromatic carbocycles. The van der Waals surface area contributed by atoms with E-state index < -0.39 is 35.4 Å². The van der Waals surface area contributed by atoms with Crippen molar-refractivity contribution in [2.45, 2.75) is 0 Å². The van der Waals surface area contributed by atoms with E-state index in [4.69, 9.17) is 4.79 Å². The number of hydrogen-bond donors (Lipinski definition) is 0. The van der Waals surface area contributed by atoms with Crippen LogP contribution in [0.15, 0.2) is 0 Å². The summed E-state index contributed by atoms with van der Waals surface area (Å²) < 4.78 is 117. The van der Waals surface area contributed by atoms with Gasteiger partial charge in [-0.15, -0.1) is 0 Å².